The minimum Gasteiger partial charge on any atom is -0.397 e. The van der Waals surface area contributed by atoms with Crippen molar-refractivity contribution in [1.29, 1.82) is 0 Å². The Morgan fingerprint density at radius 3 is 2.45 bits per heavy atom. The first kappa shape index (κ1) is 14.5. The van der Waals surface area contributed by atoms with Crippen LogP contribution in [0.4, 0.5) is 5.69 Å². The Labute approximate surface area is 118 Å². The van der Waals surface area contributed by atoms with E-state index in [1.165, 1.54) is 18.2 Å². The van der Waals surface area contributed by atoms with Gasteiger partial charge in [0.05, 0.1) is 22.0 Å². The van der Waals surface area contributed by atoms with Gasteiger partial charge in [-0.3, -0.25) is 0 Å². The Morgan fingerprint density at radius 1 is 1.30 bits per heavy atom. The Hall–Kier alpha value is -1.86. The van der Waals surface area contributed by atoms with Gasteiger partial charge in [0.15, 0.2) is 0 Å². The fourth-order valence-corrected chi connectivity index (χ4v) is 2.84. The number of aromatic nitrogens is 2. The van der Waals surface area contributed by atoms with Crippen molar-refractivity contribution in [1.82, 2.24) is 9.78 Å². The topological polar surface area (TPSA) is 104 Å². The third-order valence-electron chi connectivity index (χ3n) is 3.35. The Balaban J connectivity index is 2.70. The molecule has 7 heteroatoms. The molecule has 0 radical (unpaired) electrons. The largest absolute Gasteiger partial charge is 0.397 e. The Morgan fingerprint density at radius 2 is 1.95 bits per heavy atom. The van der Waals surface area contributed by atoms with Gasteiger partial charge in [-0.2, -0.15) is 5.10 Å². The SMILES string of the molecule is CCc1c(C)nn(-c2cc(S(N)(=O)=O)ccc2N)c1C. The van der Waals surface area contributed by atoms with E-state index in [0.717, 1.165) is 23.4 Å². The molecule has 2 rings (SSSR count). The van der Waals surface area contributed by atoms with Crippen LogP contribution in [0, 0.1) is 13.8 Å². The highest BCUT2D eigenvalue weighted by atomic mass is 32.2. The summed E-state index contributed by atoms with van der Waals surface area (Å²) in [6, 6.07) is 4.36. The molecule has 0 spiro atoms. The molecule has 1 heterocycles. The van der Waals surface area contributed by atoms with Gasteiger partial charge in [-0.25, -0.2) is 18.2 Å². The second-order valence-electron chi connectivity index (χ2n) is 4.68. The fourth-order valence-electron chi connectivity index (χ4n) is 2.31. The van der Waals surface area contributed by atoms with Gasteiger partial charge in [-0.05, 0) is 44.0 Å². The van der Waals surface area contributed by atoms with Crippen LogP contribution in [0.15, 0.2) is 23.1 Å². The van der Waals surface area contributed by atoms with Crippen LogP contribution in [0.25, 0.3) is 5.69 Å². The minimum atomic E-state index is -3.77. The van der Waals surface area contributed by atoms with Crippen molar-refractivity contribution < 1.29 is 8.42 Å². The van der Waals surface area contributed by atoms with Crippen molar-refractivity contribution in [2.24, 2.45) is 5.14 Å². The summed E-state index contributed by atoms with van der Waals surface area (Å²) in [4.78, 5) is 0.0206. The van der Waals surface area contributed by atoms with E-state index in [4.69, 9.17) is 10.9 Å². The summed E-state index contributed by atoms with van der Waals surface area (Å²) in [5, 5.41) is 9.59. The van der Waals surface area contributed by atoms with Crippen molar-refractivity contribution >= 4 is 15.7 Å². The number of rotatable bonds is 3. The molecule has 0 amide bonds. The summed E-state index contributed by atoms with van der Waals surface area (Å²) in [7, 11) is -3.77. The van der Waals surface area contributed by atoms with Crippen LogP contribution in [0.3, 0.4) is 0 Å². The molecule has 1 aromatic carbocycles. The van der Waals surface area contributed by atoms with Crippen LogP contribution in [-0.2, 0) is 16.4 Å². The maximum absolute atomic E-state index is 11.4. The molecule has 6 nitrogen and oxygen atoms in total. The van der Waals surface area contributed by atoms with Crippen molar-refractivity contribution in [3.8, 4) is 5.69 Å². The van der Waals surface area contributed by atoms with Crippen LogP contribution in [0.1, 0.15) is 23.9 Å². The molecule has 0 saturated carbocycles. The van der Waals surface area contributed by atoms with E-state index < -0.39 is 10.0 Å². The number of aryl methyl sites for hydroxylation is 1. The fraction of sp³-hybridized carbons (Fsp3) is 0.308. The van der Waals surface area contributed by atoms with Gasteiger partial charge in [-0.15, -0.1) is 0 Å². The van der Waals surface area contributed by atoms with E-state index in [9.17, 15) is 8.42 Å². The van der Waals surface area contributed by atoms with E-state index in [0.29, 0.717) is 11.4 Å². The molecular weight excluding hydrogens is 276 g/mol. The van der Waals surface area contributed by atoms with Crippen molar-refractivity contribution in [3.05, 3.63) is 35.2 Å². The highest BCUT2D eigenvalue weighted by Crippen LogP contribution is 2.24. The molecule has 0 saturated heterocycles. The molecule has 0 aliphatic rings. The van der Waals surface area contributed by atoms with Crippen LogP contribution < -0.4 is 10.9 Å². The van der Waals surface area contributed by atoms with Crippen LogP contribution in [-0.4, -0.2) is 18.2 Å². The summed E-state index contributed by atoms with van der Waals surface area (Å²) < 4.78 is 24.6. The molecular formula is C13H18N4O2S. The molecule has 0 aliphatic heterocycles. The first-order chi connectivity index (χ1) is 9.25. The Kier molecular flexibility index (Phi) is 3.58. The zero-order valence-corrected chi connectivity index (χ0v) is 12.5. The van der Waals surface area contributed by atoms with Gasteiger partial charge in [0.1, 0.15) is 0 Å². The lowest BCUT2D eigenvalue weighted by Gasteiger charge is -2.10. The number of primary sulfonamides is 1. The molecule has 0 bridgehead atoms. The molecule has 1 aromatic heterocycles. The lowest BCUT2D eigenvalue weighted by molar-refractivity contribution is 0.597. The minimum absolute atomic E-state index is 0.0206. The summed E-state index contributed by atoms with van der Waals surface area (Å²) in [5.74, 6) is 0. The first-order valence-electron chi connectivity index (χ1n) is 6.23. The van der Waals surface area contributed by atoms with Gasteiger partial charge >= 0.3 is 0 Å². The van der Waals surface area contributed by atoms with E-state index in [1.54, 1.807) is 4.68 Å². The van der Waals surface area contributed by atoms with Crippen molar-refractivity contribution in [3.63, 3.8) is 0 Å². The van der Waals surface area contributed by atoms with Crippen molar-refractivity contribution in [2.75, 3.05) is 5.73 Å². The maximum Gasteiger partial charge on any atom is 0.238 e. The molecule has 0 aliphatic carbocycles. The second kappa shape index (κ2) is 4.92. The number of anilines is 1. The van der Waals surface area contributed by atoms with Gasteiger partial charge < -0.3 is 5.73 Å². The maximum atomic E-state index is 11.4. The van der Waals surface area contributed by atoms with Crippen molar-refractivity contribution in [2.45, 2.75) is 32.1 Å². The standard InChI is InChI=1S/C13H18N4O2S/c1-4-11-8(2)16-17(9(11)3)13-7-10(20(15,18)19)5-6-12(13)14/h5-7H,4,14H2,1-3H3,(H2,15,18,19). The van der Waals surface area contributed by atoms with Gasteiger partial charge in [0, 0.05) is 5.69 Å². The van der Waals surface area contributed by atoms with Crippen LogP contribution in [0.2, 0.25) is 0 Å². The highest BCUT2D eigenvalue weighted by molar-refractivity contribution is 7.89. The molecule has 2 aromatic rings. The predicted molar refractivity (Wildman–Crippen MR) is 78.2 cm³/mol. The van der Waals surface area contributed by atoms with E-state index in [-0.39, 0.29) is 4.90 Å². The third-order valence-corrected chi connectivity index (χ3v) is 4.26. The lowest BCUT2D eigenvalue weighted by Crippen LogP contribution is -2.13. The summed E-state index contributed by atoms with van der Waals surface area (Å²) in [5.41, 5.74) is 9.90. The molecule has 0 fully saturated rings. The number of hydrogen-bond acceptors (Lipinski definition) is 4. The molecule has 20 heavy (non-hydrogen) atoms. The number of sulfonamides is 1. The van der Waals surface area contributed by atoms with E-state index in [1.807, 2.05) is 20.8 Å². The zero-order chi connectivity index (χ0) is 15.1. The predicted octanol–water partition coefficient (Wildman–Crippen LogP) is 1.28. The quantitative estimate of drug-likeness (QED) is 0.832. The van der Waals surface area contributed by atoms with E-state index >= 15 is 0 Å². The van der Waals surface area contributed by atoms with Gasteiger partial charge in [0.2, 0.25) is 10.0 Å². The number of nitrogens with zero attached hydrogens (tertiary/aromatic N) is 2. The average molecular weight is 294 g/mol. The van der Waals surface area contributed by atoms with E-state index in [2.05, 4.69) is 5.10 Å². The zero-order valence-electron chi connectivity index (χ0n) is 11.7. The van der Waals surface area contributed by atoms with Crippen LogP contribution >= 0.6 is 0 Å². The van der Waals surface area contributed by atoms with Crippen LogP contribution in [0.5, 0.6) is 0 Å². The lowest BCUT2D eigenvalue weighted by atomic mass is 10.1. The number of benzene rings is 1. The molecule has 4 N–H and O–H groups in total. The average Bonchev–Trinajstić information content (AvgIpc) is 2.63. The Bertz CT molecular complexity index is 763. The summed E-state index contributed by atoms with van der Waals surface area (Å²) >= 11 is 0. The van der Waals surface area contributed by atoms with Gasteiger partial charge in [0.25, 0.3) is 0 Å². The monoisotopic (exact) mass is 294 g/mol. The molecule has 0 atom stereocenters. The summed E-state index contributed by atoms with van der Waals surface area (Å²) in [6.45, 7) is 5.90. The first-order valence-corrected chi connectivity index (χ1v) is 7.78. The number of nitrogens with two attached hydrogens (primary N) is 2. The third kappa shape index (κ3) is 2.41. The number of nitrogen functional groups attached to an aromatic ring is 1. The highest BCUT2D eigenvalue weighted by Gasteiger charge is 2.16. The molecule has 0 unspecified atom stereocenters. The van der Waals surface area contributed by atoms with Gasteiger partial charge in [-0.1, -0.05) is 6.92 Å². The normalized spacial score (nSPS) is 11.8. The molecule has 108 valence electrons. The number of hydrogen-bond donors (Lipinski definition) is 2. The summed E-state index contributed by atoms with van der Waals surface area (Å²) in [6.07, 6.45) is 0.854. The smallest absolute Gasteiger partial charge is 0.238 e. The second-order valence-corrected chi connectivity index (χ2v) is 6.24.